The van der Waals surface area contributed by atoms with Crippen LogP contribution in [0.3, 0.4) is 0 Å². The fraction of sp³-hybridized carbons (Fsp3) is 0.222. The number of aromatic amines is 1. The number of rotatable bonds is 5. The van der Waals surface area contributed by atoms with E-state index in [1.54, 1.807) is 0 Å². The molecule has 1 saturated heterocycles. The number of nitrogens with two attached hydrogens (primary N) is 1. The summed E-state index contributed by atoms with van der Waals surface area (Å²) < 4.78 is 0. The zero-order valence-electron chi connectivity index (χ0n) is 18.6. The van der Waals surface area contributed by atoms with Gasteiger partial charge in [-0.1, -0.05) is 54.6 Å². The molecular weight excluding hydrogens is 410 g/mol. The first-order chi connectivity index (χ1) is 16.1. The lowest BCUT2D eigenvalue weighted by Crippen LogP contribution is -2.47. The van der Waals surface area contributed by atoms with Gasteiger partial charge in [0.2, 0.25) is 5.91 Å². The number of amides is 1. The Morgan fingerprint density at radius 2 is 1.76 bits per heavy atom. The summed E-state index contributed by atoms with van der Waals surface area (Å²) in [5, 5.41) is 1.08. The van der Waals surface area contributed by atoms with Gasteiger partial charge in [-0.05, 0) is 24.5 Å². The molecule has 1 amide bonds. The Hall–Kier alpha value is -3.77. The van der Waals surface area contributed by atoms with Crippen LogP contribution in [-0.2, 0) is 11.3 Å². The van der Waals surface area contributed by atoms with Gasteiger partial charge in [0.25, 0.3) is 5.82 Å². The molecule has 6 N–H and O–H groups in total. The number of fused-ring (bicyclic) bond motifs is 1. The molecule has 2 aromatic heterocycles. The molecule has 0 saturated carbocycles. The van der Waals surface area contributed by atoms with Crippen LogP contribution in [0.1, 0.15) is 18.4 Å². The van der Waals surface area contributed by atoms with Gasteiger partial charge >= 0.3 is 0 Å². The number of pyridine rings is 2. The summed E-state index contributed by atoms with van der Waals surface area (Å²) >= 11 is 0. The zero-order valence-corrected chi connectivity index (χ0v) is 18.6. The maximum atomic E-state index is 11.6. The van der Waals surface area contributed by atoms with E-state index in [0.717, 1.165) is 71.6 Å². The van der Waals surface area contributed by atoms with Crippen molar-refractivity contribution in [3.63, 3.8) is 0 Å². The molecule has 6 heteroatoms. The van der Waals surface area contributed by atoms with E-state index < -0.39 is 0 Å². The number of aromatic nitrogens is 2. The van der Waals surface area contributed by atoms with Crippen LogP contribution in [-0.4, -0.2) is 24.0 Å². The summed E-state index contributed by atoms with van der Waals surface area (Å²) in [4.78, 5) is 22.5. The Balaban J connectivity index is 1.63. The van der Waals surface area contributed by atoms with Gasteiger partial charge in [0.15, 0.2) is 0 Å². The van der Waals surface area contributed by atoms with Crippen molar-refractivity contribution < 1.29 is 15.5 Å². The lowest BCUT2D eigenvalue weighted by Gasteiger charge is -2.26. The number of nitrogens with zero attached hydrogens (tertiary/aromatic N) is 2. The minimum Gasteiger partial charge on any atom is -0.369 e. The van der Waals surface area contributed by atoms with Crippen LogP contribution >= 0.6 is 0 Å². The normalized spacial score (nSPS) is 14.5. The smallest absolute Gasteiger partial charge is 0.283 e. The second kappa shape index (κ2) is 9.00. The minimum atomic E-state index is -0.195. The molecule has 0 radical (unpaired) electrons. The predicted molar refractivity (Wildman–Crippen MR) is 130 cm³/mol. The Bertz CT molecular complexity index is 1280. The largest absolute Gasteiger partial charge is 0.369 e. The lowest BCUT2D eigenvalue weighted by atomic mass is 9.95. The van der Waals surface area contributed by atoms with Crippen molar-refractivity contribution in [2.24, 2.45) is 11.7 Å². The molecule has 6 nitrogen and oxygen atoms in total. The SMILES string of the molecule is NC(=O)C1CCN(c2[nH+]ccc3nc(-c4ccc(C[NH3+])cc4)c(-c4ccccc4)cc23)CC1. The fourth-order valence-corrected chi connectivity index (χ4v) is 4.66. The Morgan fingerprint density at radius 1 is 1.03 bits per heavy atom. The van der Waals surface area contributed by atoms with E-state index in [1.165, 1.54) is 5.56 Å². The molecule has 1 aliphatic heterocycles. The maximum Gasteiger partial charge on any atom is 0.283 e. The molecule has 0 spiro atoms. The number of quaternary nitrogens is 1. The second-order valence-electron chi connectivity index (χ2n) is 8.62. The van der Waals surface area contributed by atoms with E-state index in [0.29, 0.717) is 0 Å². The van der Waals surface area contributed by atoms with Crippen molar-refractivity contribution in [1.29, 1.82) is 0 Å². The Morgan fingerprint density at radius 3 is 2.42 bits per heavy atom. The number of primary amides is 1. The number of piperidine rings is 1. The van der Waals surface area contributed by atoms with Gasteiger partial charge in [-0.25, -0.2) is 9.97 Å². The number of nitrogens with one attached hydrogen (secondary N) is 1. The third-order valence-corrected chi connectivity index (χ3v) is 6.58. The van der Waals surface area contributed by atoms with Crippen LogP contribution in [0.15, 0.2) is 72.9 Å². The third-order valence-electron chi connectivity index (χ3n) is 6.58. The molecule has 5 rings (SSSR count). The molecule has 0 unspecified atom stereocenters. The van der Waals surface area contributed by atoms with Crippen LogP contribution < -0.4 is 21.4 Å². The number of hydrogen-bond acceptors (Lipinski definition) is 3. The van der Waals surface area contributed by atoms with Gasteiger partial charge in [-0.2, -0.15) is 0 Å². The van der Waals surface area contributed by atoms with E-state index in [-0.39, 0.29) is 11.8 Å². The number of carbonyl (C=O) groups excluding carboxylic acids is 1. The lowest BCUT2D eigenvalue weighted by molar-refractivity contribution is -0.386. The molecule has 166 valence electrons. The number of benzene rings is 2. The summed E-state index contributed by atoms with van der Waals surface area (Å²) in [5.41, 5.74) is 15.9. The highest BCUT2D eigenvalue weighted by molar-refractivity contribution is 5.96. The van der Waals surface area contributed by atoms with Crippen LogP contribution in [0, 0.1) is 5.92 Å². The van der Waals surface area contributed by atoms with E-state index in [4.69, 9.17) is 10.7 Å². The van der Waals surface area contributed by atoms with Gasteiger partial charge in [-0.15, -0.1) is 0 Å². The van der Waals surface area contributed by atoms with Crippen LogP contribution in [0.2, 0.25) is 0 Å². The molecule has 33 heavy (non-hydrogen) atoms. The first-order valence-corrected chi connectivity index (χ1v) is 11.5. The molecule has 1 fully saturated rings. The highest BCUT2D eigenvalue weighted by Gasteiger charge is 2.29. The highest BCUT2D eigenvalue weighted by atomic mass is 16.1. The topological polar surface area (TPSA) is 101 Å². The molecule has 3 heterocycles. The molecular formula is C27H29N5O+2. The van der Waals surface area contributed by atoms with Crippen LogP contribution in [0.4, 0.5) is 5.82 Å². The van der Waals surface area contributed by atoms with Crippen LogP contribution in [0.25, 0.3) is 33.3 Å². The van der Waals surface area contributed by atoms with Gasteiger partial charge < -0.3 is 11.5 Å². The average molecular weight is 440 g/mol. The maximum absolute atomic E-state index is 11.6. The summed E-state index contributed by atoms with van der Waals surface area (Å²) in [6.07, 6.45) is 3.49. The molecule has 0 atom stereocenters. The van der Waals surface area contributed by atoms with Gasteiger partial charge in [0.05, 0.1) is 42.4 Å². The molecule has 0 bridgehead atoms. The monoisotopic (exact) mass is 439 g/mol. The van der Waals surface area contributed by atoms with Gasteiger partial charge in [0.1, 0.15) is 0 Å². The first-order valence-electron chi connectivity index (χ1n) is 11.5. The quantitative estimate of drug-likeness (QED) is 0.500. The molecule has 4 aromatic rings. The summed E-state index contributed by atoms with van der Waals surface area (Å²) in [7, 11) is 0. The van der Waals surface area contributed by atoms with Crippen molar-refractivity contribution in [1.82, 2.24) is 4.98 Å². The van der Waals surface area contributed by atoms with E-state index in [9.17, 15) is 4.79 Å². The van der Waals surface area contributed by atoms with Crippen LogP contribution in [0.5, 0.6) is 0 Å². The summed E-state index contributed by atoms with van der Waals surface area (Å²) in [6.45, 7) is 2.35. The van der Waals surface area contributed by atoms with E-state index in [1.807, 2.05) is 18.3 Å². The average Bonchev–Trinajstić information content (AvgIpc) is 2.88. The standard InChI is InChI=1S/C27H27N5O/c28-17-18-6-8-20(9-7-18)25-22(19-4-2-1-3-5-19)16-23-24(31-25)10-13-30-27(23)32-14-11-21(12-15-32)26(29)33/h1-10,13,16,21H,11-12,14-15,17,28H2,(H2,29,33)/p+2. The minimum absolute atomic E-state index is 0.0397. The second-order valence-corrected chi connectivity index (χ2v) is 8.62. The number of H-pyrrole nitrogens is 1. The Kier molecular flexibility index (Phi) is 5.75. The third kappa shape index (κ3) is 4.17. The summed E-state index contributed by atoms with van der Waals surface area (Å²) in [5.74, 6) is 0.806. The van der Waals surface area contributed by atoms with Crippen molar-refractivity contribution in [3.8, 4) is 22.4 Å². The van der Waals surface area contributed by atoms with Crippen molar-refractivity contribution >= 4 is 22.6 Å². The van der Waals surface area contributed by atoms with Crippen molar-refractivity contribution in [3.05, 3.63) is 78.5 Å². The van der Waals surface area contributed by atoms with Gasteiger partial charge in [-0.3, -0.25) is 9.69 Å². The number of anilines is 1. The molecule has 2 aromatic carbocycles. The number of carbonyl (C=O) groups is 1. The van der Waals surface area contributed by atoms with Crippen molar-refractivity contribution in [2.45, 2.75) is 19.4 Å². The zero-order chi connectivity index (χ0) is 22.8. The Labute approximate surface area is 193 Å². The van der Waals surface area contributed by atoms with Crippen molar-refractivity contribution in [2.75, 3.05) is 18.0 Å². The summed E-state index contributed by atoms with van der Waals surface area (Å²) in [6, 6.07) is 23.2. The van der Waals surface area contributed by atoms with E-state index >= 15 is 0 Å². The van der Waals surface area contributed by atoms with E-state index in [2.05, 4.69) is 70.2 Å². The van der Waals surface area contributed by atoms with Gasteiger partial charge in [0, 0.05) is 28.7 Å². The first kappa shape index (κ1) is 21.1. The molecule has 1 aliphatic rings. The number of hydrogen-bond donors (Lipinski definition) is 2. The predicted octanol–water partition coefficient (Wildman–Crippen LogP) is 2.83. The fourth-order valence-electron chi connectivity index (χ4n) is 4.66. The highest BCUT2D eigenvalue weighted by Crippen LogP contribution is 2.36. The molecule has 0 aliphatic carbocycles.